The number of amides is 1. The van der Waals surface area contributed by atoms with Gasteiger partial charge in [0.15, 0.2) is 16.9 Å². The zero-order chi connectivity index (χ0) is 20.6. The summed E-state index contributed by atoms with van der Waals surface area (Å²) < 4.78 is 18.1. The minimum atomic E-state index is -0.981. The Kier molecular flexibility index (Phi) is 6.91. The molecule has 0 aliphatic carbocycles. The smallest absolute Gasteiger partial charge is 0.358 e. The van der Waals surface area contributed by atoms with Crippen molar-refractivity contribution in [3.8, 4) is 0 Å². The Morgan fingerprint density at radius 1 is 1.07 bits per heavy atom. The molecule has 0 unspecified atom stereocenters. The molecule has 1 atom stereocenters. The number of carbonyl (C=O) groups excluding carboxylic acids is 2. The van der Waals surface area contributed by atoms with E-state index in [-0.39, 0.29) is 18.1 Å². The van der Waals surface area contributed by atoms with Gasteiger partial charge in [-0.2, -0.15) is 0 Å². The topological polar surface area (TPSA) is 80.3 Å². The Hall–Kier alpha value is -3.26. The van der Waals surface area contributed by atoms with Crippen LogP contribution in [0.25, 0.3) is 0 Å². The maximum absolute atomic E-state index is 12.9. The lowest BCUT2D eigenvalue weighted by atomic mass is 10.2. The van der Waals surface area contributed by atoms with Crippen LogP contribution in [0.5, 0.6) is 0 Å². The normalized spacial score (nSPS) is 11.5. The molecule has 8 heteroatoms. The number of thiazole rings is 1. The lowest BCUT2D eigenvalue weighted by Crippen LogP contribution is -2.35. The van der Waals surface area contributed by atoms with Gasteiger partial charge in [-0.1, -0.05) is 42.5 Å². The van der Waals surface area contributed by atoms with Crippen molar-refractivity contribution in [2.75, 3.05) is 5.32 Å². The highest BCUT2D eigenvalue weighted by atomic mass is 32.1. The van der Waals surface area contributed by atoms with Gasteiger partial charge in [0.1, 0.15) is 5.82 Å². The molecule has 0 radical (unpaired) electrons. The number of esters is 1. The van der Waals surface area contributed by atoms with E-state index in [4.69, 9.17) is 4.74 Å². The van der Waals surface area contributed by atoms with Crippen LogP contribution in [-0.4, -0.2) is 23.0 Å². The average molecular weight is 413 g/mol. The fourth-order valence-corrected chi connectivity index (χ4v) is 3.11. The highest BCUT2D eigenvalue weighted by Crippen LogP contribution is 2.17. The predicted octanol–water partition coefficient (Wildman–Crippen LogP) is 3.76. The molecule has 1 amide bonds. The van der Waals surface area contributed by atoms with E-state index in [0.717, 1.165) is 11.1 Å². The van der Waals surface area contributed by atoms with Crippen molar-refractivity contribution < 1.29 is 18.7 Å². The van der Waals surface area contributed by atoms with Gasteiger partial charge in [-0.15, -0.1) is 11.3 Å². The van der Waals surface area contributed by atoms with Crippen LogP contribution >= 0.6 is 11.3 Å². The number of hydrogen-bond donors (Lipinski definition) is 2. The Bertz CT molecular complexity index is 961. The summed E-state index contributed by atoms with van der Waals surface area (Å²) in [6, 6.07) is 15.6. The third-order valence-electron chi connectivity index (χ3n) is 4.03. The third kappa shape index (κ3) is 6.11. The summed E-state index contributed by atoms with van der Waals surface area (Å²) in [4.78, 5) is 28.6. The fourth-order valence-electron chi connectivity index (χ4n) is 2.43. The molecule has 3 aromatic rings. The van der Waals surface area contributed by atoms with E-state index in [1.54, 1.807) is 17.5 Å². The van der Waals surface area contributed by atoms with E-state index in [2.05, 4.69) is 15.6 Å². The lowest BCUT2D eigenvalue weighted by molar-refractivity contribution is -0.129. The lowest BCUT2D eigenvalue weighted by Gasteiger charge is -2.12. The van der Waals surface area contributed by atoms with Crippen LogP contribution in [-0.2, 0) is 22.6 Å². The molecule has 0 saturated heterocycles. The number of benzene rings is 2. The van der Waals surface area contributed by atoms with Gasteiger partial charge in [0.25, 0.3) is 5.91 Å². The van der Waals surface area contributed by atoms with Crippen LogP contribution in [0.4, 0.5) is 9.52 Å². The summed E-state index contributed by atoms with van der Waals surface area (Å²) in [6.45, 7) is 2.29. The van der Waals surface area contributed by atoms with Crippen LogP contribution in [0.3, 0.4) is 0 Å². The van der Waals surface area contributed by atoms with Gasteiger partial charge in [-0.3, -0.25) is 4.79 Å². The van der Waals surface area contributed by atoms with Crippen LogP contribution in [0.1, 0.15) is 28.5 Å². The van der Waals surface area contributed by atoms with Crippen molar-refractivity contribution >= 4 is 28.3 Å². The molecule has 0 bridgehead atoms. The molecular formula is C21H20FN3O3S. The molecule has 1 heterocycles. The van der Waals surface area contributed by atoms with Gasteiger partial charge >= 0.3 is 5.97 Å². The fraction of sp³-hybridized carbons (Fsp3) is 0.190. The molecule has 6 nitrogen and oxygen atoms in total. The van der Waals surface area contributed by atoms with Crippen molar-refractivity contribution in [2.45, 2.75) is 26.1 Å². The van der Waals surface area contributed by atoms with Crippen LogP contribution in [0.2, 0.25) is 0 Å². The van der Waals surface area contributed by atoms with E-state index in [1.807, 2.05) is 30.3 Å². The molecule has 0 aliphatic heterocycles. The molecule has 2 aromatic carbocycles. The number of aromatic nitrogens is 1. The number of anilines is 1. The summed E-state index contributed by atoms with van der Waals surface area (Å²) in [5, 5.41) is 7.97. The largest absolute Gasteiger partial charge is 0.448 e. The Labute approximate surface area is 171 Å². The van der Waals surface area contributed by atoms with Crippen LogP contribution in [0, 0.1) is 5.82 Å². The van der Waals surface area contributed by atoms with Gasteiger partial charge in [-0.25, -0.2) is 14.2 Å². The predicted molar refractivity (Wildman–Crippen MR) is 109 cm³/mol. The van der Waals surface area contributed by atoms with Gasteiger partial charge in [0.05, 0.1) is 0 Å². The van der Waals surface area contributed by atoms with E-state index in [0.29, 0.717) is 11.7 Å². The van der Waals surface area contributed by atoms with Crippen molar-refractivity contribution in [3.63, 3.8) is 0 Å². The molecule has 2 N–H and O–H groups in total. The SMILES string of the molecule is C[C@@H](OC(=O)c1csc(NCc2ccccc2)n1)C(=O)NCc1ccc(F)cc1. The summed E-state index contributed by atoms with van der Waals surface area (Å²) in [6.07, 6.45) is -0.981. The summed E-state index contributed by atoms with van der Waals surface area (Å²) >= 11 is 1.29. The Morgan fingerprint density at radius 3 is 2.48 bits per heavy atom. The standard InChI is InChI=1S/C21H20FN3O3S/c1-14(19(26)23-11-16-7-9-17(22)10-8-16)28-20(27)18-13-29-21(25-18)24-12-15-5-3-2-4-6-15/h2-10,13-14H,11-12H2,1H3,(H,23,26)(H,24,25)/t14-/m1/s1. The second kappa shape index (κ2) is 9.79. The monoisotopic (exact) mass is 413 g/mol. The first kappa shape index (κ1) is 20.5. The number of carbonyl (C=O) groups is 2. The number of halogens is 1. The van der Waals surface area contributed by atoms with Crippen molar-refractivity contribution in [2.24, 2.45) is 0 Å². The maximum Gasteiger partial charge on any atom is 0.358 e. The number of nitrogens with one attached hydrogen (secondary N) is 2. The first-order chi connectivity index (χ1) is 14.0. The first-order valence-electron chi connectivity index (χ1n) is 8.98. The highest BCUT2D eigenvalue weighted by Gasteiger charge is 2.20. The molecule has 3 rings (SSSR count). The minimum Gasteiger partial charge on any atom is -0.448 e. The quantitative estimate of drug-likeness (QED) is 0.550. The Morgan fingerprint density at radius 2 is 1.76 bits per heavy atom. The molecule has 150 valence electrons. The summed E-state index contributed by atoms with van der Waals surface area (Å²) in [7, 11) is 0. The Balaban J connectivity index is 1.47. The van der Waals surface area contributed by atoms with E-state index < -0.39 is 18.0 Å². The number of nitrogens with zero attached hydrogens (tertiary/aromatic N) is 1. The molecule has 29 heavy (non-hydrogen) atoms. The van der Waals surface area contributed by atoms with Crippen LogP contribution in [0.15, 0.2) is 60.0 Å². The number of hydrogen-bond acceptors (Lipinski definition) is 6. The molecule has 0 aliphatic rings. The number of ether oxygens (including phenoxy) is 1. The molecule has 0 fully saturated rings. The van der Waals surface area contributed by atoms with Crippen molar-refractivity contribution in [1.29, 1.82) is 0 Å². The minimum absolute atomic E-state index is 0.142. The van der Waals surface area contributed by atoms with Crippen molar-refractivity contribution in [1.82, 2.24) is 10.3 Å². The zero-order valence-electron chi connectivity index (χ0n) is 15.7. The molecular weight excluding hydrogens is 393 g/mol. The molecule has 0 spiro atoms. The van der Waals surface area contributed by atoms with E-state index >= 15 is 0 Å². The summed E-state index contributed by atoms with van der Waals surface area (Å²) in [5.41, 5.74) is 1.98. The van der Waals surface area contributed by atoms with Gasteiger partial charge in [0.2, 0.25) is 0 Å². The average Bonchev–Trinajstić information content (AvgIpc) is 3.21. The summed E-state index contributed by atoms with van der Waals surface area (Å²) in [5.74, 6) is -1.46. The first-order valence-corrected chi connectivity index (χ1v) is 9.85. The maximum atomic E-state index is 12.9. The van der Waals surface area contributed by atoms with Gasteiger partial charge in [0, 0.05) is 18.5 Å². The van der Waals surface area contributed by atoms with Crippen molar-refractivity contribution in [3.05, 3.63) is 82.6 Å². The van der Waals surface area contributed by atoms with Gasteiger partial charge < -0.3 is 15.4 Å². The third-order valence-corrected chi connectivity index (χ3v) is 4.83. The second-order valence-corrected chi connectivity index (χ2v) is 7.13. The molecule has 0 saturated carbocycles. The second-order valence-electron chi connectivity index (χ2n) is 6.27. The zero-order valence-corrected chi connectivity index (χ0v) is 16.5. The molecule has 1 aromatic heterocycles. The number of rotatable bonds is 8. The van der Waals surface area contributed by atoms with E-state index in [9.17, 15) is 14.0 Å². The van der Waals surface area contributed by atoms with E-state index in [1.165, 1.54) is 30.4 Å². The van der Waals surface area contributed by atoms with Crippen LogP contribution < -0.4 is 10.6 Å². The highest BCUT2D eigenvalue weighted by molar-refractivity contribution is 7.13. The van der Waals surface area contributed by atoms with Gasteiger partial charge in [-0.05, 0) is 30.2 Å².